The Morgan fingerprint density at radius 3 is 1.79 bits per heavy atom. The van der Waals surface area contributed by atoms with Gasteiger partial charge in [0, 0.05) is 0 Å². The molecule has 1 aromatic heterocycles. The fourth-order valence-corrected chi connectivity index (χ4v) is 15.4. The zero-order valence-electron chi connectivity index (χ0n) is 18.6. The van der Waals surface area contributed by atoms with Gasteiger partial charge in [0.1, 0.15) is 0 Å². The molecule has 1 nitrogen and oxygen atoms in total. The average molecular weight is 644 g/mol. The molecule has 0 aliphatic rings. The molecule has 4 aromatic carbocycles. The molecular weight excluding hydrogens is 621 g/mol. The molecular formula is C30H23AuFNP. The van der Waals surface area contributed by atoms with Crippen LogP contribution in [0, 0.1) is 22.8 Å². The number of rotatable bonds is 4. The van der Waals surface area contributed by atoms with Crippen LogP contribution in [0.3, 0.4) is 0 Å². The molecule has 0 spiro atoms. The van der Waals surface area contributed by atoms with E-state index < -0.39 is 24.4 Å². The van der Waals surface area contributed by atoms with Crippen molar-refractivity contribution in [3.05, 3.63) is 132 Å². The van der Waals surface area contributed by atoms with Crippen LogP contribution in [0.1, 0.15) is 11.1 Å². The summed E-state index contributed by atoms with van der Waals surface area (Å²) in [7, 11) is 0. The van der Waals surface area contributed by atoms with Crippen molar-refractivity contribution in [3.8, 4) is 10.1 Å². The van der Waals surface area contributed by atoms with Crippen LogP contribution in [-0.4, -0.2) is 4.98 Å². The molecule has 34 heavy (non-hydrogen) atoms. The number of fused-ring (bicyclic) bond motifs is 1. The van der Waals surface area contributed by atoms with Gasteiger partial charge >= 0.3 is 210 Å². The molecule has 0 fully saturated rings. The van der Waals surface area contributed by atoms with E-state index >= 15 is 0 Å². The molecule has 0 amide bonds. The molecule has 0 saturated carbocycles. The number of hydrogen-bond donors (Lipinski definition) is 0. The van der Waals surface area contributed by atoms with Crippen LogP contribution < -0.4 is 15.9 Å². The second-order valence-corrected chi connectivity index (χ2v) is 18.1. The van der Waals surface area contributed by atoms with Gasteiger partial charge in [0.25, 0.3) is 0 Å². The molecule has 4 heteroatoms. The van der Waals surface area contributed by atoms with Gasteiger partial charge in [-0.1, -0.05) is 0 Å². The summed E-state index contributed by atoms with van der Waals surface area (Å²) in [6.07, 6.45) is 1.78. The molecule has 0 atom stereocenters. The Hall–Kier alpha value is -3.05. The molecule has 0 aliphatic carbocycles. The van der Waals surface area contributed by atoms with E-state index in [1.54, 1.807) is 12.3 Å². The van der Waals surface area contributed by atoms with E-state index in [1.807, 2.05) is 13.0 Å². The van der Waals surface area contributed by atoms with Crippen molar-refractivity contribution in [1.29, 1.82) is 0 Å². The summed E-state index contributed by atoms with van der Waals surface area (Å²) in [6, 6.07) is 37.6. The molecule has 0 aliphatic heterocycles. The van der Waals surface area contributed by atoms with Crippen molar-refractivity contribution < 1.29 is 23.6 Å². The number of aryl methyl sites for hydroxylation is 1. The molecule has 0 bridgehead atoms. The van der Waals surface area contributed by atoms with Crippen molar-refractivity contribution in [2.24, 2.45) is 0 Å². The second kappa shape index (κ2) is 10.1. The number of benzene rings is 4. The normalized spacial score (nSPS) is 11.7. The third-order valence-corrected chi connectivity index (χ3v) is 18.4. The van der Waals surface area contributed by atoms with Crippen molar-refractivity contribution in [2.75, 3.05) is 0 Å². The van der Waals surface area contributed by atoms with E-state index in [-0.39, 0.29) is 5.82 Å². The van der Waals surface area contributed by atoms with Crippen molar-refractivity contribution in [3.63, 3.8) is 0 Å². The Labute approximate surface area is 209 Å². The second-order valence-electron chi connectivity index (χ2n) is 7.98. The SMILES string of the molecule is Cc1cnc2c(C#[C][Au][PH](c3ccccc3)(c3ccccc3)c3ccccc3)ccc(F)c2c1. The number of hydrogen-bond acceptors (Lipinski definition) is 1. The fourth-order valence-electron chi connectivity index (χ4n) is 4.10. The number of nitrogens with zero attached hydrogens (tertiary/aromatic N) is 1. The van der Waals surface area contributed by atoms with Crippen LogP contribution in [0.2, 0.25) is 0 Å². The summed E-state index contributed by atoms with van der Waals surface area (Å²) in [6.45, 7) is 1.93. The van der Waals surface area contributed by atoms with Gasteiger partial charge in [0.05, 0.1) is 0 Å². The molecule has 171 valence electrons. The van der Waals surface area contributed by atoms with Crippen LogP contribution in [0.5, 0.6) is 0 Å². The van der Waals surface area contributed by atoms with E-state index in [4.69, 9.17) is 0 Å². The van der Waals surface area contributed by atoms with Gasteiger partial charge in [0.15, 0.2) is 0 Å². The summed E-state index contributed by atoms with van der Waals surface area (Å²) >= 11 is -0.452. The summed E-state index contributed by atoms with van der Waals surface area (Å²) in [5.41, 5.74) is 2.35. The van der Waals surface area contributed by atoms with E-state index in [0.717, 1.165) is 11.1 Å². The van der Waals surface area contributed by atoms with Gasteiger partial charge in [-0.15, -0.1) is 0 Å². The summed E-state index contributed by atoms with van der Waals surface area (Å²) in [4.78, 5) is 4.51. The zero-order chi connectivity index (χ0) is 23.4. The molecule has 1 heterocycles. The third kappa shape index (κ3) is 4.37. The molecule has 0 radical (unpaired) electrons. The summed E-state index contributed by atoms with van der Waals surface area (Å²) in [5, 5.41) is 2.28. The van der Waals surface area contributed by atoms with Gasteiger partial charge in [-0.2, -0.15) is 0 Å². The van der Waals surface area contributed by atoms with Gasteiger partial charge in [-0.05, 0) is 0 Å². The Bertz CT molecular complexity index is 1400. The van der Waals surface area contributed by atoms with Crippen molar-refractivity contribution in [1.82, 2.24) is 4.98 Å². The van der Waals surface area contributed by atoms with Gasteiger partial charge < -0.3 is 0 Å². The van der Waals surface area contributed by atoms with Crippen molar-refractivity contribution in [2.45, 2.75) is 6.92 Å². The number of pyridine rings is 1. The number of halogens is 1. The van der Waals surface area contributed by atoms with Crippen LogP contribution in [0.4, 0.5) is 4.39 Å². The quantitative estimate of drug-likeness (QED) is 0.139. The Morgan fingerprint density at radius 1 is 0.735 bits per heavy atom. The first-order chi connectivity index (χ1) is 16.7. The first-order valence-corrected chi connectivity index (χ1v) is 17.1. The van der Waals surface area contributed by atoms with Crippen LogP contribution >= 0.6 is 5.15 Å². The minimum absolute atomic E-state index is 0.258. The molecule has 5 aromatic rings. The van der Waals surface area contributed by atoms with Crippen LogP contribution in [-0.2, 0) is 19.2 Å². The molecule has 5 rings (SSSR count). The summed E-state index contributed by atoms with van der Waals surface area (Å²) < 4.78 is 18.1. The van der Waals surface area contributed by atoms with E-state index in [1.165, 1.54) is 22.0 Å². The predicted octanol–water partition coefficient (Wildman–Crippen LogP) is 5.72. The van der Waals surface area contributed by atoms with E-state index in [0.29, 0.717) is 10.9 Å². The third-order valence-electron chi connectivity index (χ3n) is 5.70. The average Bonchev–Trinajstić information content (AvgIpc) is 2.90. The predicted molar refractivity (Wildman–Crippen MR) is 140 cm³/mol. The Balaban J connectivity index is 1.68. The standard InChI is InChI=1S/C18H15P.C12H7FN.Au/c1-4-10-16(11-5-1)19(17-12-6-2-7-13-17)18-14-8-3-9-15-18;1-3-9-4-5-11(13)10-6-8(2)7-14-12(9)10;/h1-15H;4-7H,2H3;/q;;-1/p+1. The Morgan fingerprint density at radius 2 is 1.26 bits per heavy atom. The molecule has 0 saturated heterocycles. The fraction of sp³-hybridized carbons (Fsp3) is 0.0333. The van der Waals surface area contributed by atoms with E-state index in [2.05, 4.69) is 106 Å². The van der Waals surface area contributed by atoms with Gasteiger partial charge in [-0.3, -0.25) is 0 Å². The maximum atomic E-state index is 14.4. The number of aromatic nitrogens is 1. The van der Waals surface area contributed by atoms with Crippen molar-refractivity contribution >= 4 is 32.0 Å². The zero-order valence-corrected chi connectivity index (χ0v) is 21.8. The van der Waals surface area contributed by atoms with Gasteiger partial charge in [0.2, 0.25) is 0 Å². The maximum absolute atomic E-state index is 14.4. The summed E-state index contributed by atoms with van der Waals surface area (Å²) in [5.74, 6) is 3.14. The van der Waals surface area contributed by atoms with Crippen LogP contribution in [0.25, 0.3) is 10.9 Å². The molecule has 0 N–H and O–H groups in total. The first kappa shape index (κ1) is 22.7. The van der Waals surface area contributed by atoms with Gasteiger partial charge in [-0.25, -0.2) is 0 Å². The monoisotopic (exact) mass is 644 g/mol. The first-order valence-electron chi connectivity index (χ1n) is 11.0. The van der Waals surface area contributed by atoms with E-state index in [9.17, 15) is 4.39 Å². The van der Waals surface area contributed by atoms with Crippen LogP contribution in [0.15, 0.2) is 115 Å². The molecule has 0 unspecified atom stereocenters. The topological polar surface area (TPSA) is 12.9 Å². The Kier molecular flexibility index (Phi) is 6.73. The minimum atomic E-state index is -2.34.